The zero-order chi connectivity index (χ0) is 21.8. The summed E-state index contributed by atoms with van der Waals surface area (Å²) in [5.74, 6) is -0.525. The van der Waals surface area contributed by atoms with Gasteiger partial charge in [-0.05, 0) is 43.0 Å². The summed E-state index contributed by atoms with van der Waals surface area (Å²) in [5, 5.41) is 3.43. The molecule has 1 N–H and O–H groups in total. The molecule has 2 aromatic carbocycles. The van der Waals surface area contributed by atoms with Crippen LogP contribution in [-0.2, 0) is 16.0 Å². The number of likely N-dealkylation sites (tertiary alicyclic amines) is 1. The molecule has 1 saturated heterocycles. The number of aryl methyl sites for hydroxylation is 1. The van der Waals surface area contributed by atoms with Crippen LogP contribution in [0.1, 0.15) is 47.0 Å². The second-order valence-electron chi connectivity index (χ2n) is 7.68. The van der Waals surface area contributed by atoms with E-state index in [1.807, 2.05) is 37.3 Å². The van der Waals surface area contributed by atoms with E-state index in [1.165, 1.54) is 23.5 Å². The van der Waals surface area contributed by atoms with Gasteiger partial charge < -0.3 is 4.90 Å². The number of hydrogen-bond donors (Lipinski definition) is 1. The van der Waals surface area contributed by atoms with Crippen LogP contribution >= 0.6 is 11.3 Å². The second-order valence-corrected chi connectivity index (χ2v) is 8.76. The fourth-order valence-corrected chi connectivity index (χ4v) is 4.81. The van der Waals surface area contributed by atoms with Crippen molar-refractivity contribution >= 4 is 28.3 Å². The Balaban J connectivity index is 1.54. The monoisotopic (exact) mass is 437 g/mol. The van der Waals surface area contributed by atoms with Crippen LogP contribution in [0, 0.1) is 12.7 Å². The molecule has 1 atom stereocenters. The molecule has 2 amide bonds. The molecule has 3 aromatic rings. The van der Waals surface area contributed by atoms with Gasteiger partial charge in [-0.3, -0.25) is 14.9 Å². The number of carbonyl (C=O) groups excluding carboxylic acids is 2. The summed E-state index contributed by atoms with van der Waals surface area (Å²) in [4.78, 5) is 33.0. The van der Waals surface area contributed by atoms with Gasteiger partial charge in [0.25, 0.3) is 5.91 Å². The number of halogens is 1. The Morgan fingerprint density at radius 3 is 2.61 bits per heavy atom. The van der Waals surface area contributed by atoms with E-state index in [0.717, 1.165) is 34.5 Å². The first-order valence-corrected chi connectivity index (χ1v) is 11.2. The molecule has 1 aliphatic rings. The van der Waals surface area contributed by atoms with Gasteiger partial charge in [0.15, 0.2) is 5.13 Å². The lowest BCUT2D eigenvalue weighted by molar-refractivity contribution is -0.141. The maximum atomic E-state index is 13.3. The zero-order valence-electron chi connectivity index (χ0n) is 17.3. The number of nitrogens with one attached hydrogen (secondary N) is 1. The van der Waals surface area contributed by atoms with Crippen LogP contribution in [-0.4, -0.2) is 28.2 Å². The quantitative estimate of drug-likeness (QED) is 0.598. The number of hydrogen-bond acceptors (Lipinski definition) is 4. The average Bonchev–Trinajstić information content (AvgIpc) is 3.10. The molecule has 31 heavy (non-hydrogen) atoms. The predicted octanol–water partition coefficient (Wildman–Crippen LogP) is 4.87. The van der Waals surface area contributed by atoms with Gasteiger partial charge in [-0.1, -0.05) is 42.5 Å². The Bertz CT molecular complexity index is 1070. The van der Waals surface area contributed by atoms with Crippen LogP contribution in [0.15, 0.2) is 54.6 Å². The van der Waals surface area contributed by atoms with Crippen molar-refractivity contribution in [3.8, 4) is 0 Å². The maximum absolute atomic E-state index is 13.3. The summed E-state index contributed by atoms with van der Waals surface area (Å²) in [5.41, 5.74) is 2.59. The molecule has 1 unspecified atom stereocenters. The zero-order valence-corrected chi connectivity index (χ0v) is 18.1. The summed E-state index contributed by atoms with van der Waals surface area (Å²) in [6.45, 7) is 2.46. The highest BCUT2D eigenvalue weighted by atomic mass is 32.1. The third-order valence-corrected chi connectivity index (χ3v) is 6.51. The molecule has 1 aromatic heterocycles. The standard InChI is InChI=1S/C24H24FN3O2S/c1-16-20(15-17-10-12-19(25)13-11-17)31-24(26-16)27-23(30)22(18-7-3-2-4-8-18)28-14-6-5-9-21(28)29/h2-4,7-8,10-13,22H,5-6,9,14-15H2,1H3,(H,26,27,30). The lowest BCUT2D eigenvalue weighted by Gasteiger charge is -2.33. The molecule has 0 bridgehead atoms. The van der Waals surface area contributed by atoms with Gasteiger partial charge in [-0.25, -0.2) is 9.37 Å². The van der Waals surface area contributed by atoms with Crippen molar-refractivity contribution in [1.82, 2.24) is 9.88 Å². The summed E-state index contributed by atoms with van der Waals surface area (Å²) in [6.07, 6.45) is 2.83. The van der Waals surface area contributed by atoms with E-state index in [0.29, 0.717) is 24.5 Å². The van der Waals surface area contributed by atoms with Gasteiger partial charge in [-0.15, -0.1) is 11.3 Å². The first-order chi connectivity index (χ1) is 15.0. The van der Waals surface area contributed by atoms with Crippen LogP contribution in [0.3, 0.4) is 0 Å². The highest BCUT2D eigenvalue weighted by molar-refractivity contribution is 7.15. The molecule has 1 fully saturated rings. The Hall–Kier alpha value is -3.06. The molecule has 4 rings (SSSR count). The van der Waals surface area contributed by atoms with Crippen molar-refractivity contribution < 1.29 is 14.0 Å². The van der Waals surface area contributed by atoms with Gasteiger partial charge in [0.1, 0.15) is 11.9 Å². The van der Waals surface area contributed by atoms with E-state index >= 15 is 0 Å². The molecule has 160 valence electrons. The number of anilines is 1. The minimum absolute atomic E-state index is 0.00238. The van der Waals surface area contributed by atoms with Crippen molar-refractivity contribution in [2.75, 3.05) is 11.9 Å². The SMILES string of the molecule is Cc1nc(NC(=O)C(c2ccccc2)N2CCCCC2=O)sc1Cc1ccc(F)cc1. The van der Waals surface area contributed by atoms with Crippen molar-refractivity contribution in [3.63, 3.8) is 0 Å². The number of nitrogens with zero attached hydrogens (tertiary/aromatic N) is 2. The fourth-order valence-electron chi connectivity index (χ4n) is 3.81. The third-order valence-electron chi connectivity index (χ3n) is 5.44. The van der Waals surface area contributed by atoms with E-state index in [-0.39, 0.29) is 17.6 Å². The molecule has 5 nitrogen and oxygen atoms in total. The molecule has 0 aliphatic carbocycles. The molecular formula is C24H24FN3O2S. The first-order valence-electron chi connectivity index (χ1n) is 10.4. The second kappa shape index (κ2) is 9.39. The number of rotatable bonds is 6. The van der Waals surface area contributed by atoms with Crippen molar-refractivity contribution in [2.24, 2.45) is 0 Å². The number of amides is 2. The molecule has 0 radical (unpaired) electrons. The van der Waals surface area contributed by atoms with Gasteiger partial charge >= 0.3 is 0 Å². The molecule has 7 heteroatoms. The molecule has 2 heterocycles. The van der Waals surface area contributed by atoms with Crippen LogP contribution < -0.4 is 5.32 Å². The number of carbonyl (C=O) groups is 2. The Labute approximate surface area is 184 Å². The Kier molecular flexibility index (Phi) is 6.42. The molecule has 0 saturated carbocycles. The van der Waals surface area contributed by atoms with E-state index < -0.39 is 6.04 Å². The van der Waals surface area contributed by atoms with Crippen molar-refractivity contribution in [2.45, 2.75) is 38.6 Å². The molecule has 0 spiro atoms. The topological polar surface area (TPSA) is 62.3 Å². The van der Waals surface area contributed by atoms with Crippen LogP contribution in [0.2, 0.25) is 0 Å². The number of thiazole rings is 1. The fraction of sp³-hybridized carbons (Fsp3) is 0.292. The summed E-state index contributed by atoms with van der Waals surface area (Å²) >= 11 is 1.41. The van der Waals surface area contributed by atoms with E-state index in [1.54, 1.807) is 17.0 Å². The number of benzene rings is 2. The Morgan fingerprint density at radius 2 is 1.90 bits per heavy atom. The highest BCUT2D eigenvalue weighted by Crippen LogP contribution is 2.30. The number of aromatic nitrogens is 1. The van der Waals surface area contributed by atoms with Gasteiger partial charge in [0, 0.05) is 24.3 Å². The lowest BCUT2D eigenvalue weighted by Crippen LogP contribution is -2.43. The first kappa shape index (κ1) is 21.2. The molecular weight excluding hydrogens is 413 g/mol. The summed E-state index contributed by atoms with van der Waals surface area (Å²) in [6, 6.07) is 15.1. The van der Waals surface area contributed by atoms with E-state index in [4.69, 9.17) is 0 Å². The summed E-state index contributed by atoms with van der Waals surface area (Å²) < 4.78 is 13.2. The lowest BCUT2D eigenvalue weighted by atomic mass is 10.0. The van der Waals surface area contributed by atoms with Crippen LogP contribution in [0.5, 0.6) is 0 Å². The van der Waals surface area contributed by atoms with Crippen LogP contribution in [0.25, 0.3) is 0 Å². The third kappa shape index (κ3) is 4.99. The normalized spacial score (nSPS) is 15.0. The number of piperidine rings is 1. The van der Waals surface area contributed by atoms with Crippen LogP contribution in [0.4, 0.5) is 9.52 Å². The van der Waals surface area contributed by atoms with E-state index in [2.05, 4.69) is 10.3 Å². The van der Waals surface area contributed by atoms with Gasteiger partial charge in [0.2, 0.25) is 5.91 Å². The minimum atomic E-state index is -0.682. The van der Waals surface area contributed by atoms with E-state index in [9.17, 15) is 14.0 Å². The van der Waals surface area contributed by atoms with Gasteiger partial charge in [0.05, 0.1) is 5.69 Å². The minimum Gasteiger partial charge on any atom is -0.327 e. The van der Waals surface area contributed by atoms with Crippen molar-refractivity contribution in [3.05, 3.63) is 82.1 Å². The van der Waals surface area contributed by atoms with Crippen molar-refractivity contribution in [1.29, 1.82) is 0 Å². The smallest absolute Gasteiger partial charge is 0.253 e. The highest BCUT2D eigenvalue weighted by Gasteiger charge is 2.33. The Morgan fingerprint density at radius 1 is 1.16 bits per heavy atom. The predicted molar refractivity (Wildman–Crippen MR) is 119 cm³/mol. The average molecular weight is 438 g/mol. The maximum Gasteiger partial charge on any atom is 0.253 e. The van der Waals surface area contributed by atoms with Gasteiger partial charge in [-0.2, -0.15) is 0 Å². The molecule has 1 aliphatic heterocycles. The largest absolute Gasteiger partial charge is 0.327 e. The summed E-state index contributed by atoms with van der Waals surface area (Å²) in [7, 11) is 0.